The van der Waals surface area contributed by atoms with E-state index in [9.17, 15) is 0 Å². The van der Waals surface area contributed by atoms with Gasteiger partial charge in [0.25, 0.3) is 0 Å². The van der Waals surface area contributed by atoms with E-state index in [1.54, 1.807) is 24.3 Å². The number of rotatable bonds is 3. The zero-order chi connectivity index (χ0) is 16.9. The van der Waals surface area contributed by atoms with Crippen LogP contribution in [0.3, 0.4) is 0 Å². The van der Waals surface area contributed by atoms with Gasteiger partial charge in [-0.25, -0.2) is 4.85 Å². The van der Waals surface area contributed by atoms with Crippen LogP contribution in [0.5, 0.6) is 5.75 Å². The summed E-state index contributed by atoms with van der Waals surface area (Å²) in [7, 11) is -1.38. The Balaban J connectivity index is 2.05. The molecule has 2 aromatic rings. The molecule has 0 spiro atoms. The minimum atomic E-state index is -1.38. The van der Waals surface area contributed by atoms with Gasteiger partial charge in [-0.1, -0.05) is 49.8 Å². The van der Waals surface area contributed by atoms with Crippen LogP contribution in [0.2, 0.25) is 19.6 Å². The van der Waals surface area contributed by atoms with Gasteiger partial charge in [0.1, 0.15) is 20.4 Å². The van der Waals surface area contributed by atoms with Crippen molar-refractivity contribution in [2.24, 2.45) is 0 Å². The van der Waals surface area contributed by atoms with E-state index in [-0.39, 0.29) is 0 Å². The van der Waals surface area contributed by atoms with E-state index >= 15 is 0 Å². The van der Waals surface area contributed by atoms with Gasteiger partial charge >= 0.3 is 0 Å². The molecule has 0 aliphatic heterocycles. The van der Waals surface area contributed by atoms with Gasteiger partial charge in [0, 0.05) is 5.56 Å². The summed E-state index contributed by atoms with van der Waals surface area (Å²) < 4.78 is 13.7. The van der Waals surface area contributed by atoms with Crippen molar-refractivity contribution in [3.63, 3.8) is 0 Å². The standard InChI is InChI=1S/C19H19NOSi/c1-20-18-9-5-17(6-10-18)15-21-19-11-7-16(8-12-19)13-14-22(2,3)4/h5-12H,15H2,2-4H3/i15D. The molecule has 0 fully saturated rings. The van der Waals surface area contributed by atoms with Gasteiger partial charge in [0.05, 0.1) is 7.94 Å². The summed E-state index contributed by atoms with van der Waals surface area (Å²) in [6.45, 7) is 12.7. The molecule has 0 aliphatic carbocycles. The highest BCUT2D eigenvalue weighted by molar-refractivity contribution is 6.83. The molecule has 2 rings (SSSR count). The van der Waals surface area contributed by atoms with E-state index in [1.165, 1.54) is 0 Å². The lowest BCUT2D eigenvalue weighted by molar-refractivity contribution is 0.306. The molecular formula is C19H19NOSi. The highest BCUT2D eigenvalue weighted by Gasteiger charge is 2.07. The van der Waals surface area contributed by atoms with Crippen LogP contribution in [-0.4, -0.2) is 8.07 Å². The fraction of sp³-hybridized carbons (Fsp3) is 0.211. The van der Waals surface area contributed by atoms with Gasteiger partial charge < -0.3 is 4.74 Å². The summed E-state index contributed by atoms with van der Waals surface area (Å²) in [4.78, 5) is 3.34. The first-order valence-corrected chi connectivity index (χ1v) is 10.6. The summed E-state index contributed by atoms with van der Waals surface area (Å²) in [5, 5.41) is 0. The van der Waals surface area contributed by atoms with Crippen LogP contribution in [-0.2, 0) is 6.58 Å². The van der Waals surface area contributed by atoms with Gasteiger partial charge in [-0.05, 0) is 29.8 Å². The van der Waals surface area contributed by atoms with Crippen molar-refractivity contribution in [3.05, 3.63) is 71.1 Å². The second-order valence-corrected chi connectivity index (χ2v) is 10.7. The number of ether oxygens (including phenoxy) is 1. The number of hydrogen-bond donors (Lipinski definition) is 0. The summed E-state index contributed by atoms with van der Waals surface area (Å²) in [5.74, 6) is 3.83. The molecule has 0 aromatic heterocycles. The second kappa shape index (κ2) is 6.98. The molecule has 110 valence electrons. The summed E-state index contributed by atoms with van der Waals surface area (Å²) in [6, 6.07) is 14.4. The molecule has 2 nitrogen and oxygen atoms in total. The molecule has 0 radical (unpaired) electrons. The summed E-state index contributed by atoms with van der Waals surface area (Å²) in [5.41, 5.74) is 5.57. The van der Waals surface area contributed by atoms with Crippen LogP contribution in [0.15, 0.2) is 48.5 Å². The quantitative estimate of drug-likeness (QED) is 0.440. The smallest absolute Gasteiger partial charge is 0.187 e. The normalized spacial score (nSPS) is 12.4. The van der Waals surface area contributed by atoms with Crippen LogP contribution in [0.4, 0.5) is 5.69 Å². The van der Waals surface area contributed by atoms with E-state index in [2.05, 4.69) is 36.0 Å². The van der Waals surface area contributed by atoms with Crippen molar-refractivity contribution in [3.8, 4) is 17.2 Å². The molecule has 0 aliphatic rings. The van der Waals surface area contributed by atoms with Crippen LogP contribution in [0, 0.1) is 18.0 Å². The van der Waals surface area contributed by atoms with E-state index in [4.69, 9.17) is 12.7 Å². The Bertz CT molecular complexity index is 759. The Labute approximate surface area is 135 Å². The Morgan fingerprint density at radius 3 is 2.27 bits per heavy atom. The first-order valence-electron chi connectivity index (χ1n) is 7.65. The topological polar surface area (TPSA) is 13.6 Å². The molecule has 1 unspecified atom stereocenters. The van der Waals surface area contributed by atoms with E-state index in [0.717, 1.165) is 11.1 Å². The van der Waals surface area contributed by atoms with Gasteiger partial charge in [-0.3, -0.25) is 0 Å². The number of nitrogens with zero attached hydrogens (tertiary/aromatic N) is 1. The van der Waals surface area contributed by atoms with E-state index in [1.807, 2.05) is 24.3 Å². The minimum absolute atomic E-state index is 0.561. The summed E-state index contributed by atoms with van der Waals surface area (Å²) >= 11 is 0. The van der Waals surface area contributed by atoms with Crippen LogP contribution < -0.4 is 4.74 Å². The first-order chi connectivity index (χ1) is 10.9. The van der Waals surface area contributed by atoms with Crippen LogP contribution >= 0.6 is 0 Å². The molecule has 0 amide bonds. The maximum absolute atomic E-state index is 8.07. The predicted molar refractivity (Wildman–Crippen MR) is 93.7 cm³/mol. The zero-order valence-electron chi connectivity index (χ0n) is 14.1. The molecule has 0 N–H and O–H groups in total. The van der Waals surface area contributed by atoms with Gasteiger partial charge in [0.15, 0.2) is 5.69 Å². The van der Waals surface area contributed by atoms with Crippen molar-refractivity contribution >= 4 is 13.8 Å². The Hall–Kier alpha value is -2.49. The summed E-state index contributed by atoms with van der Waals surface area (Å²) in [6.07, 6.45) is 0. The molecule has 0 saturated heterocycles. The molecule has 0 heterocycles. The van der Waals surface area contributed by atoms with Crippen molar-refractivity contribution in [1.29, 1.82) is 0 Å². The minimum Gasteiger partial charge on any atom is -0.489 e. The lowest BCUT2D eigenvalue weighted by atomic mass is 10.2. The molecule has 2 aromatic carbocycles. The maximum Gasteiger partial charge on any atom is 0.187 e. The van der Waals surface area contributed by atoms with Crippen LogP contribution in [0.25, 0.3) is 4.85 Å². The molecule has 22 heavy (non-hydrogen) atoms. The number of hydrogen-bond acceptors (Lipinski definition) is 1. The van der Waals surface area contributed by atoms with Crippen molar-refractivity contribution < 1.29 is 6.11 Å². The predicted octanol–water partition coefficient (Wildman–Crippen LogP) is 5.05. The average Bonchev–Trinajstić information content (AvgIpc) is 2.53. The molecule has 0 saturated carbocycles. The second-order valence-electron chi connectivity index (χ2n) is 5.96. The van der Waals surface area contributed by atoms with Gasteiger partial charge in [-0.2, -0.15) is 0 Å². The average molecular weight is 306 g/mol. The third-order valence-electron chi connectivity index (χ3n) is 2.79. The van der Waals surface area contributed by atoms with Crippen LogP contribution in [0.1, 0.15) is 12.5 Å². The molecule has 3 heteroatoms. The molecule has 1 atom stereocenters. The third-order valence-corrected chi connectivity index (χ3v) is 3.66. The Morgan fingerprint density at radius 2 is 1.73 bits per heavy atom. The molecular weight excluding hydrogens is 286 g/mol. The zero-order valence-corrected chi connectivity index (χ0v) is 14.1. The lowest BCUT2D eigenvalue weighted by Gasteiger charge is -2.07. The monoisotopic (exact) mass is 306 g/mol. The SMILES string of the molecule is [2H]C(Oc1ccc(C#C[Si](C)(C)C)cc1)c1ccc([N+]#[C-])cc1. The fourth-order valence-corrected chi connectivity index (χ4v) is 2.16. The third kappa shape index (κ3) is 5.13. The molecule has 0 bridgehead atoms. The highest BCUT2D eigenvalue weighted by Crippen LogP contribution is 2.16. The van der Waals surface area contributed by atoms with Crippen molar-refractivity contribution in [2.45, 2.75) is 26.2 Å². The first kappa shape index (κ1) is 14.4. The van der Waals surface area contributed by atoms with Gasteiger partial charge in [-0.15, -0.1) is 5.54 Å². The van der Waals surface area contributed by atoms with E-state index < -0.39 is 14.7 Å². The van der Waals surface area contributed by atoms with Crippen molar-refractivity contribution in [2.75, 3.05) is 0 Å². The fourth-order valence-electron chi connectivity index (χ4n) is 1.64. The van der Waals surface area contributed by atoms with Crippen molar-refractivity contribution in [1.82, 2.24) is 0 Å². The maximum atomic E-state index is 8.07. The van der Waals surface area contributed by atoms with E-state index in [0.29, 0.717) is 11.4 Å². The largest absolute Gasteiger partial charge is 0.489 e. The number of benzene rings is 2. The Morgan fingerprint density at radius 1 is 1.09 bits per heavy atom. The van der Waals surface area contributed by atoms with Gasteiger partial charge in [0.2, 0.25) is 0 Å². The highest BCUT2D eigenvalue weighted by atomic mass is 28.3. The lowest BCUT2D eigenvalue weighted by Crippen LogP contribution is -2.16. The Kier molecular flexibility index (Phi) is 4.58.